The van der Waals surface area contributed by atoms with Gasteiger partial charge in [0.05, 0.1) is 22.3 Å². The van der Waals surface area contributed by atoms with Gasteiger partial charge in [0.25, 0.3) is 0 Å². The molecule has 0 amide bonds. The summed E-state index contributed by atoms with van der Waals surface area (Å²) in [5.41, 5.74) is 8.44. The molecule has 0 fully saturated rings. The van der Waals surface area contributed by atoms with E-state index in [0.717, 1.165) is 11.4 Å². The summed E-state index contributed by atoms with van der Waals surface area (Å²) in [6.45, 7) is 0. The molecule has 3 N–H and O–H groups in total. The first-order chi connectivity index (χ1) is 8.19. The van der Waals surface area contributed by atoms with E-state index in [9.17, 15) is 0 Å². The van der Waals surface area contributed by atoms with Crippen LogP contribution < -0.4 is 11.1 Å². The third-order valence-electron chi connectivity index (χ3n) is 2.26. The number of nitriles is 1. The van der Waals surface area contributed by atoms with Crippen molar-refractivity contribution in [3.63, 3.8) is 0 Å². The SMILES string of the molecule is N#Cc1cccc(Nc2cc(N)ccc2Cl)c1. The van der Waals surface area contributed by atoms with Crippen molar-refractivity contribution < 1.29 is 0 Å². The van der Waals surface area contributed by atoms with E-state index in [1.165, 1.54) is 0 Å². The Labute approximate surface area is 104 Å². The van der Waals surface area contributed by atoms with Gasteiger partial charge < -0.3 is 11.1 Å². The molecule has 0 saturated carbocycles. The molecular formula is C13H10ClN3. The number of hydrogen-bond donors (Lipinski definition) is 2. The van der Waals surface area contributed by atoms with E-state index in [1.54, 1.807) is 36.4 Å². The first kappa shape index (κ1) is 11.3. The van der Waals surface area contributed by atoms with Crippen LogP contribution in [0.3, 0.4) is 0 Å². The minimum absolute atomic E-state index is 0.585. The molecule has 0 aliphatic rings. The van der Waals surface area contributed by atoms with Gasteiger partial charge in [-0.3, -0.25) is 0 Å². The van der Waals surface area contributed by atoms with Crippen LogP contribution in [0.15, 0.2) is 42.5 Å². The van der Waals surface area contributed by atoms with E-state index in [4.69, 9.17) is 22.6 Å². The molecule has 0 aliphatic carbocycles. The molecule has 0 saturated heterocycles. The van der Waals surface area contributed by atoms with Crippen LogP contribution in [-0.4, -0.2) is 0 Å². The zero-order valence-corrected chi connectivity index (χ0v) is 9.70. The third-order valence-corrected chi connectivity index (χ3v) is 2.59. The van der Waals surface area contributed by atoms with Crippen LogP contribution in [-0.2, 0) is 0 Å². The van der Waals surface area contributed by atoms with Crippen molar-refractivity contribution in [1.82, 2.24) is 0 Å². The van der Waals surface area contributed by atoms with Gasteiger partial charge in [-0.05, 0) is 36.4 Å². The lowest BCUT2D eigenvalue weighted by Crippen LogP contribution is -1.93. The molecule has 2 aromatic rings. The van der Waals surface area contributed by atoms with E-state index in [2.05, 4.69) is 11.4 Å². The molecule has 0 aromatic heterocycles. The van der Waals surface area contributed by atoms with Crippen molar-refractivity contribution in [2.45, 2.75) is 0 Å². The fraction of sp³-hybridized carbons (Fsp3) is 0. The van der Waals surface area contributed by atoms with Gasteiger partial charge in [0.2, 0.25) is 0 Å². The molecule has 0 radical (unpaired) electrons. The average Bonchev–Trinajstić information content (AvgIpc) is 2.34. The van der Waals surface area contributed by atoms with E-state index in [-0.39, 0.29) is 0 Å². The lowest BCUT2D eigenvalue weighted by molar-refractivity contribution is 1.47. The van der Waals surface area contributed by atoms with Gasteiger partial charge in [0, 0.05) is 11.4 Å². The van der Waals surface area contributed by atoms with Crippen LogP contribution in [0.2, 0.25) is 5.02 Å². The summed E-state index contributed by atoms with van der Waals surface area (Å²) in [5, 5.41) is 12.5. The maximum Gasteiger partial charge on any atom is 0.0992 e. The molecule has 17 heavy (non-hydrogen) atoms. The van der Waals surface area contributed by atoms with E-state index < -0.39 is 0 Å². The molecule has 0 aliphatic heterocycles. The number of nitrogens with two attached hydrogens (primary N) is 1. The van der Waals surface area contributed by atoms with Crippen LogP contribution in [0.25, 0.3) is 0 Å². The quantitative estimate of drug-likeness (QED) is 0.793. The number of nitrogens with one attached hydrogen (secondary N) is 1. The van der Waals surface area contributed by atoms with Gasteiger partial charge in [0.1, 0.15) is 0 Å². The lowest BCUT2D eigenvalue weighted by Gasteiger charge is -2.09. The molecule has 0 atom stereocenters. The lowest BCUT2D eigenvalue weighted by atomic mass is 10.2. The highest BCUT2D eigenvalue weighted by Gasteiger charge is 2.02. The molecule has 3 nitrogen and oxygen atoms in total. The Morgan fingerprint density at radius 1 is 1.18 bits per heavy atom. The Bertz CT molecular complexity index is 587. The van der Waals surface area contributed by atoms with Crippen molar-refractivity contribution >= 4 is 28.7 Å². The molecule has 2 rings (SSSR count). The minimum atomic E-state index is 0.585. The van der Waals surface area contributed by atoms with Gasteiger partial charge in [-0.15, -0.1) is 0 Å². The van der Waals surface area contributed by atoms with Gasteiger partial charge in [-0.25, -0.2) is 0 Å². The Morgan fingerprint density at radius 3 is 2.76 bits per heavy atom. The number of nitrogen functional groups attached to an aromatic ring is 1. The van der Waals surface area contributed by atoms with Crippen LogP contribution >= 0.6 is 11.6 Å². The second kappa shape index (κ2) is 4.77. The first-order valence-electron chi connectivity index (χ1n) is 5.01. The molecule has 0 heterocycles. The summed E-state index contributed by atoms with van der Waals surface area (Å²) in [6, 6.07) is 14.5. The molecule has 2 aromatic carbocycles. The fourth-order valence-electron chi connectivity index (χ4n) is 1.46. The number of anilines is 3. The Morgan fingerprint density at radius 2 is 2.00 bits per heavy atom. The van der Waals surface area contributed by atoms with Crippen molar-refractivity contribution in [2.75, 3.05) is 11.1 Å². The zero-order chi connectivity index (χ0) is 12.3. The number of hydrogen-bond acceptors (Lipinski definition) is 3. The van der Waals surface area contributed by atoms with Crippen LogP contribution in [0.4, 0.5) is 17.1 Å². The van der Waals surface area contributed by atoms with Crippen molar-refractivity contribution in [2.24, 2.45) is 0 Å². The number of rotatable bonds is 2. The number of nitrogens with zero attached hydrogens (tertiary/aromatic N) is 1. The summed E-state index contributed by atoms with van der Waals surface area (Å²) >= 11 is 6.04. The van der Waals surface area contributed by atoms with Crippen LogP contribution in [0, 0.1) is 11.3 Å². The minimum Gasteiger partial charge on any atom is -0.399 e. The van der Waals surface area contributed by atoms with Crippen molar-refractivity contribution in [3.05, 3.63) is 53.1 Å². The highest BCUT2D eigenvalue weighted by atomic mass is 35.5. The highest BCUT2D eigenvalue weighted by Crippen LogP contribution is 2.27. The number of halogens is 1. The van der Waals surface area contributed by atoms with Crippen molar-refractivity contribution in [1.29, 1.82) is 5.26 Å². The smallest absolute Gasteiger partial charge is 0.0992 e. The summed E-state index contributed by atoms with van der Waals surface area (Å²) in [6.07, 6.45) is 0. The van der Waals surface area contributed by atoms with Crippen molar-refractivity contribution in [3.8, 4) is 6.07 Å². The summed E-state index contributed by atoms with van der Waals surface area (Å²) in [5.74, 6) is 0. The maximum absolute atomic E-state index is 8.80. The van der Waals surface area contributed by atoms with Crippen LogP contribution in [0.5, 0.6) is 0 Å². The third kappa shape index (κ3) is 2.68. The van der Waals surface area contributed by atoms with Crippen LogP contribution in [0.1, 0.15) is 5.56 Å². The summed E-state index contributed by atoms with van der Waals surface area (Å²) < 4.78 is 0. The fourth-order valence-corrected chi connectivity index (χ4v) is 1.63. The van der Waals surface area contributed by atoms with Gasteiger partial charge in [0.15, 0.2) is 0 Å². The zero-order valence-electron chi connectivity index (χ0n) is 8.94. The first-order valence-corrected chi connectivity index (χ1v) is 5.39. The molecule has 4 heteroatoms. The van der Waals surface area contributed by atoms with Gasteiger partial charge in [-0.2, -0.15) is 5.26 Å². The van der Waals surface area contributed by atoms with Gasteiger partial charge in [-0.1, -0.05) is 17.7 Å². The molecule has 0 unspecified atom stereocenters. The second-order valence-electron chi connectivity index (χ2n) is 3.56. The Kier molecular flexibility index (Phi) is 3.17. The van der Waals surface area contributed by atoms with E-state index >= 15 is 0 Å². The highest BCUT2D eigenvalue weighted by molar-refractivity contribution is 6.33. The molecular weight excluding hydrogens is 234 g/mol. The average molecular weight is 244 g/mol. The van der Waals surface area contributed by atoms with E-state index in [0.29, 0.717) is 16.3 Å². The Hall–Kier alpha value is -2.18. The van der Waals surface area contributed by atoms with Gasteiger partial charge >= 0.3 is 0 Å². The normalized spacial score (nSPS) is 9.65. The second-order valence-corrected chi connectivity index (χ2v) is 3.96. The predicted molar refractivity (Wildman–Crippen MR) is 70.3 cm³/mol. The molecule has 0 bridgehead atoms. The maximum atomic E-state index is 8.80. The standard InChI is InChI=1S/C13H10ClN3/c14-12-5-4-10(16)7-13(12)17-11-3-1-2-9(6-11)8-15/h1-7,17H,16H2. The summed E-state index contributed by atoms with van der Waals surface area (Å²) in [4.78, 5) is 0. The molecule has 84 valence electrons. The number of benzene rings is 2. The Balaban J connectivity index is 2.31. The predicted octanol–water partition coefficient (Wildman–Crippen LogP) is 3.54. The topological polar surface area (TPSA) is 61.8 Å². The molecule has 0 spiro atoms. The summed E-state index contributed by atoms with van der Waals surface area (Å²) in [7, 11) is 0. The monoisotopic (exact) mass is 243 g/mol. The van der Waals surface area contributed by atoms with E-state index in [1.807, 2.05) is 6.07 Å². The largest absolute Gasteiger partial charge is 0.399 e.